The summed E-state index contributed by atoms with van der Waals surface area (Å²) in [6.45, 7) is 6.56. The predicted octanol–water partition coefficient (Wildman–Crippen LogP) is 3.08. The summed E-state index contributed by atoms with van der Waals surface area (Å²) in [7, 11) is 0. The van der Waals surface area contributed by atoms with Crippen molar-refractivity contribution in [2.45, 2.75) is 46.1 Å². The van der Waals surface area contributed by atoms with E-state index < -0.39 is 0 Å². The molecule has 0 saturated carbocycles. The largest absolute Gasteiger partial charge is 0.339 e. The molecule has 0 aliphatic rings. The number of hydrogen-bond donors (Lipinski definition) is 0. The maximum atomic E-state index is 12.1. The first-order valence-corrected chi connectivity index (χ1v) is 6.76. The van der Waals surface area contributed by atoms with Gasteiger partial charge >= 0.3 is 0 Å². The molecule has 0 aliphatic heterocycles. The maximum Gasteiger partial charge on any atom is 0.223 e. The van der Waals surface area contributed by atoms with Crippen LogP contribution < -0.4 is 0 Å². The van der Waals surface area contributed by atoms with Crippen LogP contribution in [0.3, 0.4) is 0 Å². The van der Waals surface area contributed by atoms with Gasteiger partial charge in [-0.3, -0.25) is 4.79 Å². The SMILES string of the molecule is Cc1ccc(CCC(=O)N(CCC#N)C(C)C)cc1. The minimum absolute atomic E-state index is 0.130. The lowest BCUT2D eigenvalue weighted by Crippen LogP contribution is -2.37. The third kappa shape index (κ3) is 5.13. The van der Waals surface area contributed by atoms with Crippen molar-refractivity contribution in [3.05, 3.63) is 35.4 Å². The van der Waals surface area contributed by atoms with Gasteiger partial charge in [0.1, 0.15) is 0 Å². The highest BCUT2D eigenvalue weighted by atomic mass is 16.2. The van der Waals surface area contributed by atoms with Gasteiger partial charge in [-0.05, 0) is 32.8 Å². The second kappa shape index (κ2) is 7.58. The van der Waals surface area contributed by atoms with Gasteiger partial charge in [0.2, 0.25) is 5.91 Å². The van der Waals surface area contributed by atoms with Gasteiger partial charge in [-0.15, -0.1) is 0 Å². The van der Waals surface area contributed by atoms with Crippen molar-refractivity contribution in [2.24, 2.45) is 0 Å². The van der Waals surface area contributed by atoms with Crippen molar-refractivity contribution in [3.63, 3.8) is 0 Å². The summed E-state index contributed by atoms with van der Waals surface area (Å²) in [5.41, 5.74) is 2.41. The monoisotopic (exact) mass is 258 g/mol. The highest BCUT2D eigenvalue weighted by molar-refractivity contribution is 5.76. The summed E-state index contributed by atoms with van der Waals surface area (Å²) >= 11 is 0. The van der Waals surface area contributed by atoms with Gasteiger partial charge in [0.15, 0.2) is 0 Å². The molecule has 0 heterocycles. The molecule has 0 aliphatic carbocycles. The summed E-state index contributed by atoms with van der Waals surface area (Å²) in [6, 6.07) is 10.5. The van der Waals surface area contributed by atoms with Crippen LogP contribution in [0.15, 0.2) is 24.3 Å². The molecular formula is C16H22N2O. The fourth-order valence-electron chi connectivity index (χ4n) is 1.99. The van der Waals surface area contributed by atoms with Crippen LogP contribution in [0.4, 0.5) is 0 Å². The van der Waals surface area contributed by atoms with Gasteiger partial charge in [0.25, 0.3) is 0 Å². The molecule has 0 unspecified atom stereocenters. The quantitative estimate of drug-likeness (QED) is 0.787. The fraction of sp³-hybridized carbons (Fsp3) is 0.500. The summed E-state index contributed by atoms with van der Waals surface area (Å²) in [6.07, 6.45) is 1.66. The molecule has 0 N–H and O–H groups in total. The first kappa shape index (κ1) is 15.2. The number of nitriles is 1. The normalized spacial score (nSPS) is 10.3. The average molecular weight is 258 g/mol. The van der Waals surface area contributed by atoms with Crippen LogP contribution in [0, 0.1) is 18.3 Å². The predicted molar refractivity (Wildman–Crippen MR) is 76.6 cm³/mol. The van der Waals surface area contributed by atoms with Crippen LogP contribution in [0.5, 0.6) is 0 Å². The Bertz CT molecular complexity index is 443. The molecule has 19 heavy (non-hydrogen) atoms. The summed E-state index contributed by atoms with van der Waals surface area (Å²) in [5.74, 6) is 0.130. The molecule has 1 aromatic carbocycles. The van der Waals surface area contributed by atoms with Crippen LogP contribution in [0.2, 0.25) is 0 Å². The van der Waals surface area contributed by atoms with Gasteiger partial charge in [-0.1, -0.05) is 29.8 Å². The number of benzene rings is 1. The third-order valence-electron chi connectivity index (χ3n) is 3.16. The number of nitrogens with zero attached hydrogens (tertiary/aromatic N) is 2. The van der Waals surface area contributed by atoms with Crippen LogP contribution in [-0.2, 0) is 11.2 Å². The molecule has 1 rings (SSSR count). The van der Waals surface area contributed by atoms with Crippen LogP contribution in [0.25, 0.3) is 0 Å². The topological polar surface area (TPSA) is 44.1 Å². The van der Waals surface area contributed by atoms with Gasteiger partial charge in [0, 0.05) is 19.0 Å². The molecular weight excluding hydrogens is 236 g/mol. The zero-order valence-electron chi connectivity index (χ0n) is 12.0. The molecule has 0 aromatic heterocycles. The third-order valence-corrected chi connectivity index (χ3v) is 3.16. The standard InChI is InChI=1S/C16H22N2O/c1-13(2)18(12-4-11-17)16(19)10-9-15-7-5-14(3)6-8-15/h5-8,13H,4,9-10,12H2,1-3H3. The lowest BCUT2D eigenvalue weighted by atomic mass is 10.1. The van der Waals surface area contributed by atoms with Gasteiger partial charge in [0.05, 0.1) is 12.5 Å². The average Bonchev–Trinajstić information content (AvgIpc) is 2.38. The number of carbonyl (C=O) groups is 1. The van der Waals surface area contributed by atoms with Gasteiger partial charge in [-0.2, -0.15) is 5.26 Å². The Hall–Kier alpha value is -1.82. The van der Waals surface area contributed by atoms with E-state index in [4.69, 9.17) is 5.26 Å². The minimum atomic E-state index is 0.130. The molecule has 3 nitrogen and oxygen atoms in total. The van der Waals surface area contributed by atoms with Crippen LogP contribution >= 0.6 is 0 Å². The van der Waals surface area contributed by atoms with E-state index in [9.17, 15) is 4.79 Å². The van der Waals surface area contributed by atoms with E-state index in [1.54, 1.807) is 4.90 Å². The second-order valence-electron chi connectivity index (χ2n) is 5.07. The summed E-state index contributed by atoms with van der Waals surface area (Å²) < 4.78 is 0. The molecule has 0 fully saturated rings. The first-order chi connectivity index (χ1) is 9.04. The molecule has 3 heteroatoms. The number of carbonyl (C=O) groups excluding carboxylic acids is 1. The summed E-state index contributed by atoms with van der Waals surface area (Å²) in [5, 5.41) is 8.62. The van der Waals surface area contributed by atoms with E-state index >= 15 is 0 Å². The second-order valence-corrected chi connectivity index (χ2v) is 5.07. The summed E-state index contributed by atoms with van der Waals surface area (Å²) in [4.78, 5) is 13.9. The van der Waals surface area contributed by atoms with Crippen LogP contribution in [0.1, 0.15) is 37.8 Å². The molecule has 1 aromatic rings. The van der Waals surface area contributed by atoms with Gasteiger partial charge < -0.3 is 4.90 Å². The molecule has 0 atom stereocenters. The van der Waals surface area contributed by atoms with Gasteiger partial charge in [-0.25, -0.2) is 0 Å². The van der Waals surface area contributed by atoms with Crippen LogP contribution in [-0.4, -0.2) is 23.4 Å². The fourth-order valence-corrected chi connectivity index (χ4v) is 1.99. The minimum Gasteiger partial charge on any atom is -0.339 e. The van der Waals surface area contributed by atoms with Crippen molar-refractivity contribution in [3.8, 4) is 6.07 Å². The Morgan fingerprint density at radius 3 is 2.47 bits per heavy atom. The van der Waals surface area contributed by atoms with E-state index in [1.807, 2.05) is 13.8 Å². The Morgan fingerprint density at radius 2 is 1.95 bits per heavy atom. The Labute approximate surface area is 115 Å². The highest BCUT2D eigenvalue weighted by Crippen LogP contribution is 2.09. The van der Waals surface area contributed by atoms with E-state index in [0.717, 1.165) is 6.42 Å². The number of hydrogen-bond acceptors (Lipinski definition) is 2. The van der Waals surface area contributed by atoms with E-state index in [2.05, 4.69) is 37.3 Å². The van der Waals surface area contributed by atoms with Crippen molar-refractivity contribution in [1.82, 2.24) is 4.90 Å². The lowest BCUT2D eigenvalue weighted by Gasteiger charge is -2.25. The maximum absolute atomic E-state index is 12.1. The Balaban J connectivity index is 2.52. The highest BCUT2D eigenvalue weighted by Gasteiger charge is 2.15. The molecule has 0 spiro atoms. The van der Waals surface area contributed by atoms with Crippen molar-refractivity contribution >= 4 is 5.91 Å². The van der Waals surface area contributed by atoms with Crippen molar-refractivity contribution in [1.29, 1.82) is 5.26 Å². The smallest absolute Gasteiger partial charge is 0.223 e. The Morgan fingerprint density at radius 1 is 1.32 bits per heavy atom. The lowest BCUT2D eigenvalue weighted by molar-refractivity contribution is -0.132. The number of rotatable bonds is 6. The zero-order chi connectivity index (χ0) is 14.3. The van der Waals surface area contributed by atoms with E-state index in [1.165, 1.54) is 11.1 Å². The molecule has 0 radical (unpaired) electrons. The van der Waals surface area contributed by atoms with E-state index in [0.29, 0.717) is 19.4 Å². The molecule has 1 amide bonds. The molecule has 102 valence electrons. The Kier molecular flexibility index (Phi) is 6.08. The molecule has 0 saturated heterocycles. The van der Waals surface area contributed by atoms with Crippen molar-refractivity contribution in [2.75, 3.05) is 6.54 Å². The van der Waals surface area contributed by atoms with Crippen molar-refractivity contribution < 1.29 is 4.79 Å². The zero-order valence-corrected chi connectivity index (χ0v) is 12.0. The number of aryl methyl sites for hydroxylation is 2. The molecule has 0 bridgehead atoms. The first-order valence-electron chi connectivity index (χ1n) is 6.76. The van der Waals surface area contributed by atoms with E-state index in [-0.39, 0.29) is 11.9 Å². The number of amides is 1.